The maximum atomic E-state index is 11.5. The van der Waals surface area contributed by atoms with Crippen LogP contribution in [0.1, 0.15) is 25.3 Å². The van der Waals surface area contributed by atoms with Gasteiger partial charge in [0.25, 0.3) is 0 Å². The van der Waals surface area contributed by atoms with Gasteiger partial charge in [0.2, 0.25) is 0 Å². The number of hydrogen-bond acceptors (Lipinski definition) is 6. The van der Waals surface area contributed by atoms with E-state index in [1.165, 1.54) is 5.56 Å². The second-order valence-corrected chi connectivity index (χ2v) is 7.53. The van der Waals surface area contributed by atoms with Gasteiger partial charge in [0, 0.05) is 23.4 Å². The Morgan fingerprint density at radius 1 is 1.14 bits per heavy atom. The molecule has 0 spiro atoms. The molecule has 0 aliphatic rings. The molecule has 1 aromatic heterocycles. The molecule has 0 saturated carbocycles. The van der Waals surface area contributed by atoms with Crippen LogP contribution in [0, 0.1) is 6.92 Å². The fourth-order valence-electron chi connectivity index (χ4n) is 2.85. The van der Waals surface area contributed by atoms with Gasteiger partial charge in [0.1, 0.15) is 5.75 Å². The highest BCUT2D eigenvalue weighted by Gasteiger charge is 2.17. The Hall–Kier alpha value is -2.80. The summed E-state index contributed by atoms with van der Waals surface area (Å²) in [5, 5.41) is 9.66. The number of hydrogen-bond donors (Lipinski definition) is 0. The average Bonchev–Trinajstić information content (AvgIpc) is 3.16. The number of carbonyl (C=O) groups excluding carboxylic acids is 1. The fraction of sp³-hybridized carbons (Fsp3) is 0.318. The van der Waals surface area contributed by atoms with E-state index in [0.29, 0.717) is 13.0 Å². The Balaban J connectivity index is 1.87. The second kappa shape index (κ2) is 10.1. The van der Waals surface area contributed by atoms with Crippen LogP contribution in [0.15, 0.2) is 53.7 Å². The number of esters is 1. The maximum absolute atomic E-state index is 11.5. The summed E-state index contributed by atoms with van der Waals surface area (Å²) >= 11 is 1.58. The molecule has 0 aliphatic heterocycles. The summed E-state index contributed by atoms with van der Waals surface area (Å²) in [6.07, 6.45) is 1.13. The van der Waals surface area contributed by atoms with Gasteiger partial charge in [-0.3, -0.25) is 9.36 Å². The predicted octanol–water partition coefficient (Wildman–Crippen LogP) is 4.69. The molecule has 6 nitrogen and oxygen atoms in total. The van der Waals surface area contributed by atoms with Crippen molar-refractivity contribution in [3.63, 3.8) is 0 Å². The molecular formula is C22H25N3O3S. The molecule has 152 valence electrons. The summed E-state index contributed by atoms with van der Waals surface area (Å²) in [5.41, 5.74) is 3.11. The minimum Gasteiger partial charge on any atom is -0.497 e. The first-order chi connectivity index (χ1) is 14.1. The van der Waals surface area contributed by atoms with E-state index in [4.69, 9.17) is 9.47 Å². The number of nitrogens with zero attached hydrogens (tertiary/aromatic N) is 3. The zero-order valence-electron chi connectivity index (χ0n) is 16.9. The third-order valence-electron chi connectivity index (χ3n) is 4.32. The Labute approximate surface area is 175 Å². The van der Waals surface area contributed by atoms with Gasteiger partial charge in [-0.05, 0) is 44.5 Å². The molecule has 7 heteroatoms. The predicted molar refractivity (Wildman–Crippen MR) is 115 cm³/mol. The lowest BCUT2D eigenvalue weighted by Crippen LogP contribution is -2.04. The Kier molecular flexibility index (Phi) is 7.30. The molecule has 0 unspecified atom stereocenters. The Bertz CT molecular complexity index is 954. The number of thioether (sulfide) groups is 1. The molecule has 3 rings (SSSR count). The molecular weight excluding hydrogens is 386 g/mol. The third kappa shape index (κ3) is 5.38. The zero-order valence-corrected chi connectivity index (χ0v) is 17.7. The van der Waals surface area contributed by atoms with Crippen LogP contribution in [-0.4, -0.2) is 40.2 Å². The van der Waals surface area contributed by atoms with Crippen LogP contribution in [0.2, 0.25) is 0 Å². The molecule has 0 amide bonds. The largest absolute Gasteiger partial charge is 0.497 e. The lowest BCUT2D eigenvalue weighted by atomic mass is 10.2. The lowest BCUT2D eigenvalue weighted by molar-refractivity contribution is -0.143. The van der Waals surface area contributed by atoms with Crippen molar-refractivity contribution in [3.8, 4) is 22.8 Å². The summed E-state index contributed by atoms with van der Waals surface area (Å²) < 4.78 is 12.4. The minimum absolute atomic E-state index is 0.162. The summed E-state index contributed by atoms with van der Waals surface area (Å²) in [7, 11) is 1.65. The van der Waals surface area contributed by atoms with Crippen LogP contribution in [-0.2, 0) is 9.53 Å². The number of benzene rings is 2. The molecule has 0 aliphatic carbocycles. The van der Waals surface area contributed by atoms with Gasteiger partial charge in [-0.2, -0.15) is 0 Å². The highest BCUT2D eigenvalue weighted by atomic mass is 32.2. The molecule has 0 atom stereocenters. The van der Waals surface area contributed by atoms with Gasteiger partial charge in [0.05, 0.1) is 13.7 Å². The lowest BCUT2D eigenvalue weighted by Gasteiger charge is -2.11. The zero-order chi connectivity index (χ0) is 20.6. The van der Waals surface area contributed by atoms with Crippen molar-refractivity contribution in [1.82, 2.24) is 14.8 Å². The quantitative estimate of drug-likeness (QED) is 0.289. The highest BCUT2D eigenvalue weighted by molar-refractivity contribution is 7.99. The smallest absolute Gasteiger partial charge is 0.305 e. The first-order valence-corrected chi connectivity index (χ1v) is 10.6. The van der Waals surface area contributed by atoms with Crippen molar-refractivity contribution in [2.75, 3.05) is 19.5 Å². The van der Waals surface area contributed by atoms with Crippen LogP contribution in [0.3, 0.4) is 0 Å². The topological polar surface area (TPSA) is 66.2 Å². The van der Waals surface area contributed by atoms with Crippen molar-refractivity contribution in [1.29, 1.82) is 0 Å². The Morgan fingerprint density at radius 3 is 2.66 bits per heavy atom. The van der Waals surface area contributed by atoms with E-state index in [1.54, 1.807) is 18.9 Å². The van der Waals surface area contributed by atoms with E-state index in [2.05, 4.69) is 41.4 Å². The van der Waals surface area contributed by atoms with Gasteiger partial charge in [-0.1, -0.05) is 41.6 Å². The van der Waals surface area contributed by atoms with Gasteiger partial charge >= 0.3 is 5.97 Å². The molecule has 0 fully saturated rings. The van der Waals surface area contributed by atoms with Crippen molar-refractivity contribution >= 4 is 17.7 Å². The normalized spacial score (nSPS) is 10.7. The molecule has 0 radical (unpaired) electrons. The molecule has 29 heavy (non-hydrogen) atoms. The molecule has 0 N–H and O–H groups in total. The standard InChI is InChI=1S/C22H25N3O3S/c1-4-28-20(26)9-6-14-29-22-24-23-21(17-7-5-8-19(15-17)27-3)25(22)18-12-10-16(2)11-13-18/h5,7-8,10-13,15H,4,6,9,14H2,1-3H3. The second-order valence-electron chi connectivity index (χ2n) is 6.47. The van der Waals surface area contributed by atoms with E-state index in [9.17, 15) is 4.79 Å². The minimum atomic E-state index is -0.162. The molecule has 1 heterocycles. The third-order valence-corrected chi connectivity index (χ3v) is 5.33. The van der Waals surface area contributed by atoms with E-state index in [0.717, 1.165) is 40.2 Å². The van der Waals surface area contributed by atoms with E-state index in [-0.39, 0.29) is 5.97 Å². The average molecular weight is 412 g/mol. The van der Waals surface area contributed by atoms with Crippen LogP contribution < -0.4 is 4.74 Å². The molecule has 0 saturated heterocycles. The summed E-state index contributed by atoms with van der Waals surface area (Å²) in [5.74, 6) is 2.11. The van der Waals surface area contributed by atoms with Gasteiger partial charge in [-0.15, -0.1) is 10.2 Å². The maximum Gasteiger partial charge on any atom is 0.305 e. The first kappa shape index (κ1) is 20.9. The fourth-order valence-corrected chi connectivity index (χ4v) is 3.74. The van der Waals surface area contributed by atoms with Crippen LogP contribution in [0.5, 0.6) is 5.75 Å². The van der Waals surface area contributed by atoms with Crippen molar-refractivity contribution in [2.45, 2.75) is 31.8 Å². The number of aromatic nitrogens is 3. The Morgan fingerprint density at radius 2 is 1.93 bits per heavy atom. The van der Waals surface area contributed by atoms with Crippen molar-refractivity contribution in [3.05, 3.63) is 54.1 Å². The van der Waals surface area contributed by atoms with Crippen LogP contribution in [0.25, 0.3) is 17.1 Å². The number of methoxy groups -OCH3 is 1. The van der Waals surface area contributed by atoms with Gasteiger partial charge in [-0.25, -0.2) is 0 Å². The number of ether oxygens (including phenoxy) is 2. The summed E-state index contributed by atoms with van der Waals surface area (Å²) in [6.45, 7) is 4.29. The number of rotatable bonds is 9. The van der Waals surface area contributed by atoms with Crippen molar-refractivity contribution < 1.29 is 14.3 Å². The monoisotopic (exact) mass is 411 g/mol. The summed E-state index contributed by atoms with van der Waals surface area (Å²) in [6, 6.07) is 16.0. The SMILES string of the molecule is CCOC(=O)CCCSc1nnc(-c2cccc(OC)c2)n1-c1ccc(C)cc1. The van der Waals surface area contributed by atoms with Crippen LogP contribution >= 0.6 is 11.8 Å². The van der Waals surface area contributed by atoms with E-state index >= 15 is 0 Å². The molecule has 0 bridgehead atoms. The molecule has 3 aromatic rings. The van der Waals surface area contributed by atoms with Crippen molar-refractivity contribution in [2.24, 2.45) is 0 Å². The van der Waals surface area contributed by atoms with Crippen LogP contribution in [0.4, 0.5) is 0 Å². The molecule has 2 aromatic carbocycles. The number of carbonyl (C=O) groups is 1. The summed E-state index contributed by atoms with van der Waals surface area (Å²) in [4.78, 5) is 11.5. The highest BCUT2D eigenvalue weighted by Crippen LogP contribution is 2.30. The van der Waals surface area contributed by atoms with E-state index < -0.39 is 0 Å². The first-order valence-electron chi connectivity index (χ1n) is 9.57. The number of aryl methyl sites for hydroxylation is 1. The van der Waals surface area contributed by atoms with Gasteiger partial charge in [0.15, 0.2) is 11.0 Å². The van der Waals surface area contributed by atoms with Gasteiger partial charge < -0.3 is 9.47 Å². The van der Waals surface area contributed by atoms with E-state index in [1.807, 2.05) is 35.8 Å².